The second-order valence-electron chi connectivity index (χ2n) is 2.54. The molecule has 0 radical (unpaired) electrons. The highest BCUT2D eigenvalue weighted by Gasteiger charge is 2.23. The highest BCUT2D eigenvalue weighted by atomic mass is 16.6. The average Bonchev–Trinajstić information content (AvgIpc) is 2.17. The molecule has 7 heteroatoms. The highest BCUT2D eigenvalue weighted by Crippen LogP contribution is 2.20. The molecule has 0 spiro atoms. The van der Waals surface area contributed by atoms with E-state index >= 15 is 0 Å². The summed E-state index contributed by atoms with van der Waals surface area (Å²) in [6.07, 6.45) is 0.890. The number of carbonyl (C=O) groups excluding carboxylic acids is 1. The maximum Gasteiger partial charge on any atom is 0.378 e. The highest BCUT2D eigenvalue weighted by molar-refractivity contribution is 5.93. The molecule has 7 nitrogen and oxygen atoms in total. The minimum Gasteiger partial charge on any atom is -0.504 e. The summed E-state index contributed by atoms with van der Waals surface area (Å²) in [5.41, 5.74) is -0.359. The van der Waals surface area contributed by atoms with Crippen molar-refractivity contribution in [2.45, 2.75) is 6.92 Å². The van der Waals surface area contributed by atoms with E-state index in [2.05, 4.69) is 9.72 Å². The number of esters is 1. The van der Waals surface area contributed by atoms with Crippen LogP contribution in [0, 0.1) is 10.1 Å². The molecule has 0 aliphatic heterocycles. The molecule has 80 valence electrons. The van der Waals surface area contributed by atoms with E-state index in [1.807, 2.05) is 0 Å². The minimum absolute atomic E-state index is 0.0889. The SMILES string of the molecule is CCOC(=O)c1cc(O)cnc1[N+](=O)[O-]. The number of aromatic hydroxyl groups is 1. The number of hydrogen-bond donors (Lipinski definition) is 1. The molecular formula is C8H8N2O5. The fraction of sp³-hybridized carbons (Fsp3) is 0.250. The summed E-state index contributed by atoms with van der Waals surface area (Å²) in [7, 11) is 0. The number of pyridine rings is 1. The molecule has 1 aromatic heterocycles. The molecule has 0 amide bonds. The molecule has 0 aliphatic carbocycles. The number of aromatic nitrogens is 1. The van der Waals surface area contributed by atoms with Gasteiger partial charge in [0.2, 0.25) is 0 Å². The Kier molecular flexibility index (Phi) is 3.17. The predicted molar refractivity (Wildman–Crippen MR) is 48.5 cm³/mol. The van der Waals surface area contributed by atoms with E-state index in [0.717, 1.165) is 12.3 Å². The summed E-state index contributed by atoms with van der Waals surface area (Å²) in [6, 6.07) is 0.948. The van der Waals surface area contributed by atoms with Gasteiger partial charge in [-0.25, -0.2) is 4.79 Å². The molecule has 0 fully saturated rings. The van der Waals surface area contributed by atoms with Crippen LogP contribution in [0.15, 0.2) is 12.3 Å². The summed E-state index contributed by atoms with van der Waals surface area (Å²) >= 11 is 0. The first kappa shape index (κ1) is 10.9. The van der Waals surface area contributed by atoms with E-state index in [1.54, 1.807) is 6.92 Å². The third kappa shape index (κ3) is 2.39. The van der Waals surface area contributed by atoms with Gasteiger partial charge in [0.15, 0.2) is 17.5 Å². The summed E-state index contributed by atoms with van der Waals surface area (Å²) in [5, 5.41) is 19.5. The normalized spacial score (nSPS) is 9.67. The van der Waals surface area contributed by atoms with Crippen LogP contribution in [0.3, 0.4) is 0 Å². The average molecular weight is 212 g/mol. The van der Waals surface area contributed by atoms with Crippen LogP contribution in [-0.4, -0.2) is 27.6 Å². The molecule has 0 aliphatic rings. The monoisotopic (exact) mass is 212 g/mol. The van der Waals surface area contributed by atoms with Crippen molar-refractivity contribution in [1.29, 1.82) is 0 Å². The lowest BCUT2D eigenvalue weighted by molar-refractivity contribution is -0.389. The van der Waals surface area contributed by atoms with Crippen molar-refractivity contribution in [2.24, 2.45) is 0 Å². The molecule has 1 aromatic rings. The fourth-order valence-corrected chi connectivity index (χ4v) is 0.951. The van der Waals surface area contributed by atoms with Crippen molar-refractivity contribution < 1.29 is 19.6 Å². The Labute approximate surface area is 84.5 Å². The largest absolute Gasteiger partial charge is 0.504 e. The molecule has 0 atom stereocenters. The summed E-state index contributed by atoms with van der Waals surface area (Å²) < 4.78 is 4.58. The van der Waals surface area contributed by atoms with Gasteiger partial charge in [-0.1, -0.05) is 0 Å². The lowest BCUT2D eigenvalue weighted by Gasteiger charge is -2.02. The van der Waals surface area contributed by atoms with Gasteiger partial charge in [-0.2, -0.15) is 0 Å². The Balaban J connectivity index is 3.18. The standard InChI is InChI=1S/C8H8N2O5/c1-2-15-8(12)6-3-5(11)4-9-7(6)10(13)14/h3-4,11H,2H2,1H3. The van der Waals surface area contributed by atoms with Crippen LogP contribution in [0.5, 0.6) is 5.75 Å². The first-order chi connectivity index (χ1) is 7.06. The molecule has 0 saturated carbocycles. The second-order valence-corrected chi connectivity index (χ2v) is 2.54. The number of nitro groups is 1. The van der Waals surface area contributed by atoms with Crippen LogP contribution in [0.4, 0.5) is 5.82 Å². The Hall–Kier alpha value is -2.18. The minimum atomic E-state index is -0.882. The van der Waals surface area contributed by atoms with Crippen LogP contribution >= 0.6 is 0 Å². The third-order valence-corrected chi connectivity index (χ3v) is 1.52. The molecule has 0 aromatic carbocycles. The van der Waals surface area contributed by atoms with E-state index < -0.39 is 16.7 Å². The van der Waals surface area contributed by atoms with E-state index in [0.29, 0.717) is 0 Å². The summed E-state index contributed by atoms with van der Waals surface area (Å²) in [5.74, 6) is -1.84. The van der Waals surface area contributed by atoms with Gasteiger partial charge in [-0.05, 0) is 16.8 Å². The molecular weight excluding hydrogens is 204 g/mol. The van der Waals surface area contributed by atoms with Gasteiger partial charge < -0.3 is 20.0 Å². The molecule has 0 bridgehead atoms. The van der Waals surface area contributed by atoms with Crippen molar-refractivity contribution in [3.05, 3.63) is 27.9 Å². The van der Waals surface area contributed by atoms with Gasteiger partial charge in [-0.3, -0.25) is 0 Å². The lowest BCUT2D eigenvalue weighted by Crippen LogP contribution is -2.09. The first-order valence-corrected chi connectivity index (χ1v) is 4.06. The quantitative estimate of drug-likeness (QED) is 0.453. The lowest BCUT2D eigenvalue weighted by atomic mass is 10.2. The van der Waals surface area contributed by atoms with Gasteiger partial charge >= 0.3 is 11.8 Å². The molecule has 0 unspecified atom stereocenters. The molecule has 15 heavy (non-hydrogen) atoms. The Morgan fingerprint density at radius 3 is 2.93 bits per heavy atom. The predicted octanol–water partition coefficient (Wildman–Crippen LogP) is 0.872. The Morgan fingerprint density at radius 1 is 1.73 bits per heavy atom. The van der Waals surface area contributed by atoms with Crippen molar-refractivity contribution in [2.75, 3.05) is 6.61 Å². The van der Waals surface area contributed by atoms with E-state index in [1.165, 1.54) is 0 Å². The zero-order valence-corrected chi connectivity index (χ0v) is 7.84. The maximum absolute atomic E-state index is 11.2. The van der Waals surface area contributed by atoms with Crippen LogP contribution in [-0.2, 0) is 4.74 Å². The number of rotatable bonds is 3. The number of ether oxygens (including phenoxy) is 1. The Bertz CT molecular complexity index is 404. The van der Waals surface area contributed by atoms with Gasteiger partial charge in [-0.15, -0.1) is 0 Å². The van der Waals surface area contributed by atoms with Crippen molar-refractivity contribution in [1.82, 2.24) is 4.98 Å². The summed E-state index contributed by atoms with van der Waals surface area (Å²) in [4.78, 5) is 24.3. The number of nitrogens with zero attached hydrogens (tertiary/aromatic N) is 2. The smallest absolute Gasteiger partial charge is 0.378 e. The number of hydrogen-bond acceptors (Lipinski definition) is 6. The first-order valence-electron chi connectivity index (χ1n) is 4.06. The van der Waals surface area contributed by atoms with Crippen LogP contribution in [0.25, 0.3) is 0 Å². The fourth-order valence-electron chi connectivity index (χ4n) is 0.951. The van der Waals surface area contributed by atoms with E-state index in [9.17, 15) is 14.9 Å². The van der Waals surface area contributed by atoms with Crippen molar-refractivity contribution in [3.8, 4) is 5.75 Å². The van der Waals surface area contributed by atoms with Crippen molar-refractivity contribution in [3.63, 3.8) is 0 Å². The van der Waals surface area contributed by atoms with Crippen LogP contribution in [0.1, 0.15) is 17.3 Å². The zero-order chi connectivity index (χ0) is 11.4. The van der Waals surface area contributed by atoms with Crippen LogP contribution in [0.2, 0.25) is 0 Å². The van der Waals surface area contributed by atoms with Crippen molar-refractivity contribution >= 4 is 11.8 Å². The van der Waals surface area contributed by atoms with Gasteiger partial charge in [0.05, 0.1) is 6.61 Å². The molecule has 1 heterocycles. The third-order valence-electron chi connectivity index (χ3n) is 1.52. The zero-order valence-electron chi connectivity index (χ0n) is 7.84. The molecule has 1 N–H and O–H groups in total. The Morgan fingerprint density at radius 2 is 2.40 bits per heavy atom. The second kappa shape index (κ2) is 4.36. The topological polar surface area (TPSA) is 103 Å². The maximum atomic E-state index is 11.2. The number of carbonyl (C=O) groups is 1. The van der Waals surface area contributed by atoms with E-state index in [-0.39, 0.29) is 17.9 Å². The van der Waals surface area contributed by atoms with Crippen LogP contribution < -0.4 is 0 Å². The summed E-state index contributed by atoms with van der Waals surface area (Å²) in [6.45, 7) is 1.66. The van der Waals surface area contributed by atoms with E-state index in [4.69, 9.17) is 5.11 Å². The molecule has 1 rings (SSSR count). The molecule has 0 saturated heterocycles. The van der Waals surface area contributed by atoms with Gasteiger partial charge in [0.25, 0.3) is 0 Å². The van der Waals surface area contributed by atoms with Gasteiger partial charge in [0.1, 0.15) is 0 Å². The van der Waals surface area contributed by atoms with Gasteiger partial charge in [0, 0.05) is 6.07 Å².